The number of aryl methyl sites for hydroxylation is 1. The number of methoxy groups -OCH3 is 1. The van der Waals surface area contributed by atoms with Gasteiger partial charge in [-0.3, -0.25) is 4.79 Å². The second-order valence-electron chi connectivity index (χ2n) is 4.33. The fraction of sp³-hybridized carbons (Fsp3) is 0.462. The average Bonchev–Trinajstić information content (AvgIpc) is 2.31. The van der Waals surface area contributed by atoms with Crippen LogP contribution in [-0.4, -0.2) is 18.6 Å². The molecule has 0 radical (unpaired) electrons. The van der Waals surface area contributed by atoms with Crippen molar-refractivity contribution in [1.82, 2.24) is 0 Å². The number of ether oxygens (including phenoxy) is 1. The number of rotatable bonds is 4. The first kappa shape index (κ1) is 13.5. The molecule has 1 aromatic rings. The number of carbonyl (C=O) groups excluding carboxylic acids is 1. The topological polar surface area (TPSA) is 64.3 Å². The van der Waals surface area contributed by atoms with E-state index >= 15 is 0 Å². The molecular formula is C13H20N2O2. The van der Waals surface area contributed by atoms with Crippen molar-refractivity contribution in [1.29, 1.82) is 0 Å². The minimum atomic E-state index is -0.822. The standard InChI is InChI=1S/C13H20N2O2/c1-5-13(3,17-4)12(16)15-11-7-6-9(2)8-10(11)14/h6-8H,5,14H2,1-4H3,(H,15,16). The van der Waals surface area contributed by atoms with Gasteiger partial charge in [0.2, 0.25) is 0 Å². The van der Waals surface area contributed by atoms with Gasteiger partial charge in [0.15, 0.2) is 0 Å². The Morgan fingerprint density at radius 1 is 1.53 bits per heavy atom. The van der Waals surface area contributed by atoms with E-state index in [1.54, 1.807) is 13.0 Å². The lowest BCUT2D eigenvalue weighted by molar-refractivity contribution is -0.136. The van der Waals surface area contributed by atoms with Crippen LogP contribution in [0.5, 0.6) is 0 Å². The van der Waals surface area contributed by atoms with Crippen molar-refractivity contribution in [3.05, 3.63) is 23.8 Å². The lowest BCUT2D eigenvalue weighted by Crippen LogP contribution is -2.41. The van der Waals surface area contributed by atoms with Crippen LogP contribution in [0.3, 0.4) is 0 Å². The van der Waals surface area contributed by atoms with Gasteiger partial charge in [0.1, 0.15) is 5.60 Å². The zero-order valence-corrected chi connectivity index (χ0v) is 10.8. The smallest absolute Gasteiger partial charge is 0.256 e. The Balaban J connectivity index is 2.88. The van der Waals surface area contributed by atoms with Gasteiger partial charge in [0.05, 0.1) is 11.4 Å². The average molecular weight is 236 g/mol. The van der Waals surface area contributed by atoms with Gasteiger partial charge < -0.3 is 15.8 Å². The maximum Gasteiger partial charge on any atom is 0.256 e. The fourth-order valence-corrected chi connectivity index (χ4v) is 1.45. The second-order valence-corrected chi connectivity index (χ2v) is 4.33. The number of nitrogens with two attached hydrogens (primary N) is 1. The van der Waals surface area contributed by atoms with Gasteiger partial charge in [0, 0.05) is 7.11 Å². The molecule has 17 heavy (non-hydrogen) atoms. The number of nitrogen functional groups attached to an aromatic ring is 1. The summed E-state index contributed by atoms with van der Waals surface area (Å²) >= 11 is 0. The highest BCUT2D eigenvalue weighted by Crippen LogP contribution is 2.22. The second kappa shape index (κ2) is 5.19. The first-order chi connectivity index (χ1) is 7.92. The van der Waals surface area contributed by atoms with Gasteiger partial charge in [-0.1, -0.05) is 13.0 Å². The Bertz CT molecular complexity index is 412. The predicted octanol–water partition coefficient (Wildman–Crippen LogP) is 2.33. The number of amides is 1. The molecule has 0 aliphatic rings. The summed E-state index contributed by atoms with van der Waals surface area (Å²) < 4.78 is 5.23. The van der Waals surface area contributed by atoms with Crippen LogP contribution in [0.25, 0.3) is 0 Å². The Morgan fingerprint density at radius 2 is 2.18 bits per heavy atom. The highest BCUT2D eigenvalue weighted by atomic mass is 16.5. The van der Waals surface area contributed by atoms with Crippen molar-refractivity contribution in [2.75, 3.05) is 18.2 Å². The van der Waals surface area contributed by atoms with E-state index in [1.807, 2.05) is 26.0 Å². The predicted molar refractivity (Wildman–Crippen MR) is 69.9 cm³/mol. The Labute approximate surface area is 102 Å². The van der Waals surface area contributed by atoms with E-state index in [9.17, 15) is 4.79 Å². The molecule has 1 aromatic carbocycles. The summed E-state index contributed by atoms with van der Waals surface area (Å²) in [4.78, 5) is 12.0. The van der Waals surface area contributed by atoms with Gasteiger partial charge in [0.25, 0.3) is 5.91 Å². The number of hydrogen-bond donors (Lipinski definition) is 2. The van der Waals surface area contributed by atoms with Crippen molar-refractivity contribution < 1.29 is 9.53 Å². The molecule has 4 heteroatoms. The Kier molecular flexibility index (Phi) is 4.12. The maximum absolute atomic E-state index is 12.0. The van der Waals surface area contributed by atoms with Gasteiger partial charge in [-0.05, 0) is 38.0 Å². The van der Waals surface area contributed by atoms with Crippen LogP contribution in [-0.2, 0) is 9.53 Å². The van der Waals surface area contributed by atoms with Crippen LogP contribution in [0.15, 0.2) is 18.2 Å². The highest BCUT2D eigenvalue weighted by Gasteiger charge is 2.31. The van der Waals surface area contributed by atoms with Crippen molar-refractivity contribution in [3.8, 4) is 0 Å². The minimum absolute atomic E-state index is 0.182. The van der Waals surface area contributed by atoms with E-state index in [0.29, 0.717) is 17.8 Å². The molecule has 0 aliphatic carbocycles. The molecule has 0 aliphatic heterocycles. The number of anilines is 2. The summed E-state index contributed by atoms with van der Waals surface area (Å²) in [7, 11) is 1.53. The molecule has 0 saturated heterocycles. The third-order valence-electron chi connectivity index (χ3n) is 3.06. The number of carbonyl (C=O) groups is 1. The quantitative estimate of drug-likeness (QED) is 0.789. The highest BCUT2D eigenvalue weighted by molar-refractivity contribution is 5.99. The first-order valence-electron chi connectivity index (χ1n) is 5.65. The van der Waals surface area contributed by atoms with Crippen molar-refractivity contribution >= 4 is 17.3 Å². The molecule has 1 rings (SSSR count). The molecule has 0 spiro atoms. The van der Waals surface area contributed by atoms with Crippen LogP contribution in [0, 0.1) is 6.92 Å². The van der Waals surface area contributed by atoms with E-state index < -0.39 is 5.60 Å². The Morgan fingerprint density at radius 3 is 2.65 bits per heavy atom. The Hall–Kier alpha value is -1.55. The molecular weight excluding hydrogens is 216 g/mol. The van der Waals surface area contributed by atoms with Gasteiger partial charge in [-0.2, -0.15) is 0 Å². The molecule has 0 saturated carbocycles. The van der Waals surface area contributed by atoms with Gasteiger partial charge >= 0.3 is 0 Å². The van der Waals surface area contributed by atoms with E-state index in [1.165, 1.54) is 7.11 Å². The number of hydrogen-bond acceptors (Lipinski definition) is 3. The van der Waals surface area contributed by atoms with Crippen molar-refractivity contribution in [3.63, 3.8) is 0 Å². The van der Waals surface area contributed by atoms with Crippen LogP contribution in [0.2, 0.25) is 0 Å². The normalized spacial score (nSPS) is 14.1. The summed E-state index contributed by atoms with van der Waals surface area (Å²) in [6.07, 6.45) is 0.598. The van der Waals surface area contributed by atoms with Gasteiger partial charge in [-0.25, -0.2) is 0 Å². The SMILES string of the molecule is CCC(C)(OC)C(=O)Nc1ccc(C)cc1N. The van der Waals surface area contributed by atoms with E-state index in [-0.39, 0.29) is 5.91 Å². The lowest BCUT2D eigenvalue weighted by atomic mass is 10.0. The van der Waals surface area contributed by atoms with Gasteiger partial charge in [-0.15, -0.1) is 0 Å². The molecule has 0 bridgehead atoms. The summed E-state index contributed by atoms with van der Waals surface area (Å²) in [5.41, 5.74) is 7.26. The summed E-state index contributed by atoms with van der Waals surface area (Å²) in [6, 6.07) is 5.53. The summed E-state index contributed by atoms with van der Waals surface area (Å²) in [6.45, 7) is 5.61. The molecule has 1 unspecified atom stereocenters. The fourth-order valence-electron chi connectivity index (χ4n) is 1.45. The molecule has 1 amide bonds. The summed E-state index contributed by atoms with van der Waals surface area (Å²) in [5, 5.41) is 2.79. The lowest BCUT2D eigenvalue weighted by Gasteiger charge is -2.25. The third-order valence-corrected chi connectivity index (χ3v) is 3.06. The van der Waals surface area contributed by atoms with Crippen molar-refractivity contribution in [2.24, 2.45) is 0 Å². The molecule has 0 fully saturated rings. The van der Waals surface area contributed by atoms with Crippen LogP contribution < -0.4 is 11.1 Å². The first-order valence-corrected chi connectivity index (χ1v) is 5.65. The number of nitrogens with one attached hydrogen (secondary N) is 1. The van der Waals surface area contributed by atoms with Crippen molar-refractivity contribution in [2.45, 2.75) is 32.8 Å². The van der Waals surface area contributed by atoms with E-state index in [0.717, 1.165) is 5.56 Å². The van der Waals surface area contributed by atoms with Crippen LogP contribution in [0.1, 0.15) is 25.8 Å². The molecule has 4 nitrogen and oxygen atoms in total. The monoisotopic (exact) mass is 236 g/mol. The molecule has 0 heterocycles. The molecule has 3 N–H and O–H groups in total. The van der Waals surface area contributed by atoms with Crippen LogP contribution in [0.4, 0.5) is 11.4 Å². The van der Waals surface area contributed by atoms with E-state index in [4.69, 9.17) is 10.5 Å². The molecule has 0 aromatic heterocycles. The number of benzene rings is 1. The zero-order valence-electron chi connectivity index (χ0n) is 10.8. The minimum Gasteiger partial charge on any atom is -0.397 e. The van der Waals surface area contributed by atoms with Crippen LogP contribution >= 0.6 is 0 Å². The molecule has 1 atom stereocenters. The largest absolute Gasteiger partial charge is 0.397 e. The zero-order chi connectivity index (χ0) is 13.1. The maximum atomic E-state index is 12.0. The summed E-state index contributed by atoms with van der Waals surface area (Å²) in [5.74, 6) is -0.182. The molecule has 94 valence electrons. The van der Waals surface area contributed by atoms with E-state index in [2.05, 4.69) is 5.32 Å². The third kappa shape index (κ3) is 2.97.